The van der Waals surface area contributed by atoms with Crippen molar-refractivity contribution < 1.29 is 9.90 Å². The summed E-state index contributed by atoms with van der Waals surface area (Å²) < 4.78 is 1.70. The Hall–Kier alpha value is -2.69. The van der Waals surface area contributed by atoms with Crippen molar-refractivity contribution in [1.82, 2.24) is 14.8 Å². The summed E-state index contributed by atoms with van der Waals surface area (Å²) in [7, 11) is 0. The number of aromatic nitrogens is 3. The van der Waals surface area contributed by atoms with Crippen molar-refractivity contribution >= 4 is 16.9 Å². The summed E-state index contributed by atoms with van der Waals surface area (Å²) in [6, 6.07) is 7.84. The molecule has 0 amide bonds. The zero-order chi connectivity index (χ0) is 13.4. The predicted molar refractivity (Wildman–Crippen MR) is 70.6 cm³/mol. The Morgan fingerprint density at radius 1 is 1.26 bits per heavy atom. The predicted octanol–water partition coefficient (Wildman–Crippen LogP) is 2.43. The van der Waals surface area contributed by atoms with Crippen molar-refractivity contribution in [2.24, 2.45) is 0 Å². The van der Waals surface area contributed by atoms with Gasteiger partial charge in [-0.15, -0.1) is 0 Å². The Kier molecular flexibility index (Phi) is 2.52. The molecule has 3 aromatic rings. The number of rotatable bonds is 2. The fraction of sp³-hybridized carbons (Fsp3) is 0.0714. The summed E-state index contributed by atoms with van der Waals surface area (Å²) in [4.78, 5) is 15.1. The lowest BCUT2D eigenvalue weighted by molar-refractivity contribution is 0.0698. The highest BCUT2D eigenvalue weighted by Crippen LogP contribution is 2.21. The highest BCUT2D eigenvalue weighted by atomic mass is 16.4. The Morgan fingerprint density at radius 3 is 2.84 bits per heavy atom. The first-order valence-electron chi connectivity index (χ1n) is 5.79. The number of hydrogen-bond donors (Lipinski definition) is 1. The maximum Gasteiger partial charge on any atom is 0.338 e. The molecular weight excluding hydrogens is 242 g/mol. The molecule has 94 valence electrons. The summed E-state index contributed by atoms with van der Waals surface area (Å²) in [5.74, 6) is -0.998. The van der Waals surface area contributed by atoms with Crippen molar-refractivity contribution in [2.45, 2.75) is 6.92 Å². The Morgan fingerprint density at radius 2 is 2.11 bits per heavy atom. The van der Waals surface area contributed by atoms with Crippen molar-refractivity contribution in [2.75, 3.05) is 0 Å². The quantitative estimate of drug-likeness (QED) is 0.761. The minimum Gasteiger partial charge on any atom is -0.478 e. The summed E-state index contributed by atoms with van der Waals surface area (Å²) in [6.07, 6.45) is 4.52. The standard InChI is InChI=1S/C14H11N3O2/c1-9-3-2-4-10(5-9)17-13-8-15-6-12(14(18)19)11(13)7-16-17/h2-8H,1H3,(H,18,19). The molecule has 0 bridgehead atoms. The monoisotopic (exact) mass is 253 g/mol. The molecule has 1 N–H and O–H groups in total. The minimum atomic E-state index is -0.998. The third-order valence-corrected chi connectivity index (χ3v) is 2.97. The number of carboxylic acid groups (broad SMARTS) is 1. The van der Waals surface area contributed by atoms with Crippen LogP contribution in [0, 0.1) is 6.92 Å². The number of aryl methyl sites for hydroxylation is 1. The van der Waals surface area contributed by atoms with Gasteiger partial charge >= 0.3 is 5.97 Å². The number of nitrogens with zero attached hydrogens (tertiary/aromatic N) is 3. The van der Waals surface area contributed by atoms with Crippen LogP contribution >= 0.6 is 0 Å². The van der Waals surface area contributed by atoms with Gasteiger partial charge in [0.05, 0.1) is 29.2 Å². The van der Waals surface area contributed by atoms with Crippen LogP contribution < -0.4 is 0 Å². The SMILES string of the molecule is Cc1cccc(-n2ncc3c(C(=O)O)cncc32)c1. The smallest absolute Gasteiger partial charge is 0.338 e. The molecule has 0 radical (unpaired) electrons. The first kappa shape index (κ1) is 11.4. The van der Waals surface area contributed by atoms with Crippen molar-refractivity contribution in [3.8, 4) is 5.69 Å². The topological polar surface area (TPSA) is 68.0 Å². The fourth-order valence-corrected chi connectivity index (χ4v) is 2.08. The van der Waals surface area contributed by atoms with Crippen LogP contribution in [0.4, 0.5) is 0 Å². The van der Waals surface area contributed by atoms with Gasteiger partial charge in [-0.3, -0.25) is 4.98 Å². The van der Waals surface area contributed by atoms with Gasteiger partial charge in [0, 0.05) is 11.6 Å². The molecule has 0 fully saturated rings. The molecule has 19 heavy (non-hydrogen) atoms. The third-order valence-electron chi connectivity index (χ3n) is 2.97. The van der Waals surface area contributed by atoms with E-state index in [9.17, 15) is 4.79 Å². The molecule has 0 aliphatic carbocycles. The number of carbonyl (C=O) groups is 1. The summed E-state index contributed by atoms with van der Waals surface area (Å²) >= 11 is 0. The van der Waals surface area contributed by atoms with Crippen LogP contribution in [0.25, 0.3) is 16.6 Å². The lowest BCUT2D eigenvalue weighted by Gasteiger charge is -2.04. The van der Waals surface area contributed by atoms with Gasteiger partial charge in [0.1, 0.15) is 0 Å². The molecule has 0 spiro atoms. The van der Waals surface area contributed by atoms with E-state index in [4.69, 9.17) is 5.11 Å². The highest BCUT2D eigenvalue weighted by Gasteiger charge is 2.13. The normalized spacial score (nSPS) is 10.8. The minimum absolute atomic E-state index is 0.163. The maximum atomic E-state index is 11.1. The molecule has 1 aromatic carbocycles. The van der Waals surface area contributed by atoms with Crippen LogP contribution in [0.5, 0.6) is 0 Å². The first-order valence-corrected chi connectivity index (χ1v) is 5.79. The Balaban J connectivity index is 2.27. The molecule has 0 saturated heterocycles. The second-order valence-corrected chi connectivity index (χ2v) is 4.32. The van der Waals surface area contributed by atoms with Crippen LogP contribution in [0.3, 0.4) is 0 Å². The van der Waals surface area contributed by atoms with E-state index in [-0.39, 0.29) is 5.56 Å². The number of fused-ring (bicyclic) bond motifs is 1. The molecule has 5 nitrogen and oxygen atoms in total. The largest absolute Gasteiger partial charge is 0.478 e. The maximum absolute atomic E-state index is 11.1. The second kappa shape index (κ2) is 4.20. The first-order chi connectivity index (χ1) is 9.16. The summed E-state index contributed by atoms with van der Waals surface area (Å²) in [6.45, 7) is 2.00. The number of carboxylic acids is 1. The van der Waals surface area contributed by atoms with E-state index in [1.807, 2.05) is 31.2 Å². The van der Waals surface area contributed by atoms with Crippen molar-refractivity contribution in [1.29, 1.82) is 0 Å². The van der Waals surface area contributed by atoms with E-state index in [1.165, 1.54) is 6.20 Å². The van der Waals surface area contributed by atoms with E-state index in [0.717, 1.165) is 11.3 Å². The highest BCUT2D eigenvalue weighted by molar-refractivity contribution is 6.02. The van der Waals surface area contributed by atoms with Crippen LogP contribution in [0.15, 0.2) is 42.9 Å². The van der Waals surface area contributed by atoms with Gasteiger partial charge in [-0.1, -0.05) is 12.1 Å². The van der Waals surface area contributed by atoms with Crippen molar-refractivity contribution in [3.63, 3.8) is 0 Å². The zero-order valence-electron chi connectivity index (χ0n) is 10.2. The van der Waals surface area contributed by atoms with Gasteiger partial charge in [0.2, 0.25) is 0 Å². The molecular formula is C14H11N3O2. The van der Waals surface area contributed by atoms with E-state index in [1.54, 1.807) is 17.1 Å². The number of benzene rings is 1. The molecule has 0 aliphatic rings. The summed E-state index contributed by atoms with van der Waals surface area (Å²) in [5, 5.41) is 14.0. The average molecular weight is 253 g/mol. The molecule has 0 saturated carbocycles. The van der Waals surface area contributed by atoms with E-state index >= 15 is 0 Å². The number of pyridine rings is 1. The van der Waals surface area contributed by atoms with E-state index in [0.29, 0.717) is 10.9 Å². The van der Waals surface area contributed by atoms with Crippen LogP contribution in [-0.2, 0) is 0 Å². The Bertz CT molecular complexity index is 777. The fourth-order valence-electron chi connectivity index (χ4n) is 2.08. The van der Waals surface area contributed by atoms with Gasteiger partial charge in [0.25, 0.3) is 0 Å². The second-order valence-electron chi connectivity index (χ2n) is 4.32. The molecule has 2 heterocycles. The average Bonchev–Trinajstić information content (AvgIpc) is 2.82. The lowest BCUT2D eigenvalue weighted by Crippen LogP contribution is -2.00. The molecule has 5 heteroatoms. The molecule has 0 aliphatic heterocycles. The molecule has 0 unspecified atom stereocenters. The van der Waals surface area contributed by atoms with Gasteiger partial charge in [-0.25, -0.2) is 9.48 Å². The van der Waals surface area contributed by atoms with E-state index < -0.39 is 5.97 Å². The van der Waals surface area contributed by atoms with Crippen LogP contribution in [0.1, 0.15) is 15.9 Å². The molecule has 2 aromatic heterocycles. The van der Waals surface area contributed by atoms with Gasteiger partial charge in [-0.2, -0.15) is 5.10 Å². The van der Waals surface area contributed by atoms with E-state index in [2.05, 4.69) is 10.1 Å². The molecule has 0 atom stereocenters. The van der Waals surface area contributed by atoms with Crippen molar-refractivity contribution in [3.05, 3.63) is 54.0 Å². The number of aromatic carboxylic acids is 1. The summed E-state index contributed by atoms with van der Waals surface area (Å²) in [5.41, 5.74) is 2.85. The number of hydrogen-bond acceptors (Lipinski definition) is 3. The van der Waals surface area contributed by atoms with Gasteiger partial charge in [0.15, 0.2) is 0 Å². The van der Waals surface area contributed by atoms with Gasteiger partial charge < -0.3 is 5.11 Å². The zero-order valence-corrected chi connectivity index (χ0v) is 10.2. The van der Waals surface area contributed by atoms with Gasteiger partial charge in [-0.05, 0) is 24.6 Å². The van der Waals surface area contributed by atoms with Crippen LogP contribution in [-0.4, -0.2) is 25.8 Å². The van der Waals surface area contributed by atoms with Crippen LogP contribution in [0.2, 0.25) is 0 Å². The third kappa shape index (κ3) is 1.85. The Labute approximate surface area is 109 Å². The molecule has 3 rings (SSSR count). The lowest BCUT2D eigenvalue weighted by atomic mass is 10.2.